The molecular formula is C5H12NO6P. The molecule has 0 unspecified atom stereocenters. The lowest BCUT2D eigenvalue weighted by atomic mass is 10.6. The third-order valence-corrected chi connectivity index (χ3v) is 0.688. The molecule has 1 amide bonds. The Morgan fingerprint density at radius 2 is 1.85 bits per heavy atom. The average Bonchev–Trinajstić information content (AvgIpc) is 2.02. The van der Waals surface area contributed by atoms with Crippen LogP contribution in [0, 0.1) is 0 Å². The van der Waals surface area contributed by atoms with Gasteiger partial charge in [-0.1, -0.05) is 0 Å². The first-order valence-corrected chi connectivity index (χ1v) is 4.56. The van der Waals surface area contributed by atoms with Gasteiger partial charge >= 0.3 is 20.1 Å². The van der Waals surface area contributed by atoms with Gasteiger partial charge in [0.15, 0.2) is 0 Å². The van der Waals surface area contributed by atoms with Crippen LogP contribution in [0.3, 0.4) is 0 Å². The zero-order chi connectivity index (χ0) is 10.9. The van der Waals surface area contributed by atoms with Gasteiger partial charge in [0, 0.05) is 7.05 Å². The zero-order valence-corrected chi connectivity index (χ0v) is 8.23. The van der Waals surface area contributed by atoms with E-state index in [-0.39, 0.29) is 6.61 Å². The molecule has 13 heavy (non-hydrogen) atoms. The highest BCUT2D eigenvalue weighted by molar-refractivity contribution is 7.30. The minimum Gasteiger partial charge on any atom is -0.459 e. The largest absolute Gasteiger partial charge is 0.459 e. The summed E-state index contributed by atoms with van der Waals surface area (Å²) in [4.78, 5) is 35.0. The van der Waals surface area contributed by atoms with Crippen molar-refractivity contribution in [3.63, 3.8) is 0 Å². The van der Waals surface area contributed by atoms with Crippen LogP contribution < -0.4 is 5.32 Å². The smallest absolute Gasteiger partial charge is 0.396 e. The normalized spacial score (nSPS) is 8.38. The predicted molar refractivity (Wildman–Crippen MR) is 44.1 cm³/mol. The van der Waals surface area contributed by atoms with E-state index in [0.29, 0.717) is 0 Å². The maximum absolute atomic E-state index is 10.3. The Kier molecular flexibility index (Phi) is 10.3. The number of carbonyl (C=O) groups is 2. The van der Waals surface area contributed by atoms with Crippen molar-refractivity contribution < 1.29 is 28.7 Å². The monoisotopic (exact) mass is 213 g/mol. The Labute approximate surface area is 75.7 Å². The Bertz CT molecular complexity index is 189. The first-order valence-electron chi connectivity index (χ1n) is 3.26. The van der Waals surface area contributed by atoms with Gasteiger partial charge in [0.05, 0.1) is 6.61 Å². The van der Waals surface area contributed by atoms with Crippen LogP contribution in [-0.4, -0.2) is 35.3 Å². The maximum atomic E-state index is 10.3. The van der Waals surface area contributed by atoms with Crippen LogP contribution in [0.15, 0.2) is 0 Å². The van der Waals surface area contributed by atoms with Crippen molar-refractivity contribution in [2.75, 3.05) is 13.7 Å². The average molecular weight is 213 g/mol. The number of nitrogens with one attached hydrogen (secondary N) is 1. The van der Waals surface area contributed by atoms with Gasteiger partial charge in [0.1, 0.15) is 0 Å². The van der Waals surface area contributed by atoms with Gasteiger partial charge in [-0.2, -0.15) is 0 Å². The summed E-state index contributed by atoms with van der Waals surface area (Å²) in [6.45, 7) is 1.87. The van der Waals surface area contributed by atoms with Gasteiger partial charge in [-0.15, -0.1) is 0 Å². The Morgan fingerprint density at radius 1 is 1.46 bits per heavy atom. The molecular weight excluding hydrogens is 201 g/mol. The van der Waals surface area contributed by atoms with E-state index in [1.54, 1.807) is 6.92 Å². The van der Waals surface area contributed by atoms with Gasteiger partial charge in [0.25, 0.3) is 0 Å². The molecule has 0 bridgehead atoms. The summed E-state index contributed by atoms with van der Waals surface area (Å²) in [7, 11) is -1.76. The molecule has 0 aliphatic heterocycles. The molecule has 0 heterocycles. The predicted octanol–water partition coefficient (Wildman–Crippen LogP) is -1.34. The molecule has 0 aliphatic carbocycles. The van der Waals surface area contributed by atoms with Gasteiger partial charge in [-0.05, 0) is 6.92 Å². The van der Waals surface area contributed by atoms with E-state index in [2.05, 4.69) is 10.1 Å². The van der Waals surface area contributed by atoms with E-state index >= 15 is 0 Å². The first kappa shape index (κ1) is 14.6. The molecule has 0 fully saturated rings. The third-order valence-electron chi connectivity index (χ3n) is 0.688. The number of rotatable bonds is 1. The van der Waals surface area contributed by atoms with Crippen LogP contribution in [0.1, 0.15) is 6.92 Å². The minimum absolute atomic E-state index is 0.228. The molecule has 7 nitrogen and oxygen atoms in total. The molecule has 0 aromatic heterocycles. The zero-order valence-electron chi connectivity index (χ0n) is 7.23. The van der Waals surface area contributed by atoms with E-state index in [1.807, 2.05) is 0 Å². The Morgan fingerprint density at radius 3 is 2.08 bits per heavy atom. The second-order valence-corrected chi connectivity index (χ2v) is 2.15. The van der Waals surface area contributed by atoms with Gasteiger partial charge in [-0.25, -0.2) is 4.79 Å². The molecule has 0 radical (unpaired) electrons. The quantitative estimate of drug-likeness (QED) is 0.282. The van der Waals surface area contributed by atoms with E-state index in [1.165, 1.54) is 7.05 Å². The Hall–Kier alpha value is -0.910. The van der Waals surface area contributed by atoms with Crippen molar-refractivity contribution in [2.24, 2.45) is 0 Å². The highest BCUT2D eigenvalue weighted by atomic mass is 31.1. The highest BCUT2D eigenvalue weighted by Crippen LogP contribution is 1.98. The molecule has 0 aromatic rings. The van der Waals surface area contributed by atoms with Crippen molar-refractivity contribution in [1.82, 2.24) is 5.32 Å². The first-order chi connectivity index (χ1) is 5.95. The van der Waals surface area contributed by atoms with Crippen LogP contribution in [-0.2, 0) is 18.9 Å². The van der Waals surface area contributed by atoms with Crippen LogP contribution in [0.25, 0.3) is 0 Å². The molecule has 0 aliphatic rings. The van der Waals surface area contributed by atoms with Gasteiger partial charge in [-0.3, -0.25) is 9.36 Å². The number of amides is 1. The molecule has 3 N–H and O–H groups in total. The maximum Gasteiger partial charge on any atom is 0.396 e. The summed E-state index contributed by atoms with van der Waals surface area (Å²) in [5.41, 5.74) is 0. The summed E-state index contributed by atoms with van der Waals surface area (Å²) in [5.74, 6) is -1.54. The van der Waals surface area contributed by atoms with Crippen molar-refractivity contribution in [1.29, 1.82) is 0 Å². The van der Waals surface area contributed by atoms with E-state index in [4.69, 9.17) is 14.4 Å². The molecule has 0 saturated carbocycles. The number of carbonyl (C=O) groups excluding carboxylic acids is 2. The number of esters is 1. The van der Waals surface area contributed by atoms with Crippen LogP contribution in [0.2, 0.25) is 0 Å². The minimum atomic E-state index is -3.13. The topological polar surface area (TPSA) is 113 Å². The SMILES string of the molecule is CCOC(=O)C(=O)NC.O=[PH](O)O. The fourth-order valence-corrected chi connectivity index (χ4v) is 0.299. The molecule has 0 spiro atoms. The summed E-state index contributed by atoms with van der Waals surface area (Å²) in [6, 6.07) is 0. The van der Waals surface area contributed by atoms with Crippen molar-refractivity contribution >= 4 is 20.1 Å². The fraction of sp³-hybridized carbons (Fsp3) is 0.600. The van der Waals surface area contributed by atoms with Crippen molar-refractivity contribution in [3.8, 4) is 0 Å². The molecule has 0 saturated heterocycles. The van der Waals surface area contributed by atoms with Crippen LogP contribution in [0.4, 0.5) is 0 Å². The lowest BCUT2D eigenvalue weighted by Gasteiger charge is -1.97. The number of hydrogen-bond donors (Lipinski definition) is 3. The Balaban J connectivity index is 0. The fourth-order valence-electron chi connectivity index (χ4n) is 0.299. The number of ether oxygens (including phenoxy) is 1. The van der Waals surface area contributed by atoms with E-state index in [0.717, 1.165) is 0 Å². The second kappa shape index (κ2) is 9.18. The van der Waals surface area contributed by atoms with Gasteiger partial charge in [0.2, 0.25) is 0 Å². The standard InChI is InChI=1S/C5H9NO3.H3O3P/c1-3-9-5(8)4(7)6-2;1-4(2)3/h3H2,1-2H3,(H,6,7);4H,(H2,1,2,3). The van der Waals surface area contributed by atoms with E-state index in [9.17, 15) is 9.59 Å². The molecule has 0 rings (SSSR count). The lowest BCUT2D eigenvalue weighted by Crippen LogP contribution is -2.29. The summed E-state index contributed by atoms with van der Waals surface area (Å²) in [5, 5.41) is 2.14. The van der Waals surface area contributed by atoms with Crippen LogP contribution in [0.5, 0.6) is 0 Å². The second-order valence-electron chi connectivity index (χ2n) is 1.58. The summed E-state index contributed by atoms with van der Waals surface area (Å²) < 4.78 is 13.1. The third kappa shape index (κ3) is 14.0. The highest BCUT2D eigenvalue weighted by Gasteiger charge is 2.10. The van der Waals surface area contributed by atoms with Crippen molar-refractivity contribution in [2.45, 2.75) is 6.92 Å². The van der Waals surface area contributed by atoms with Gasteiger partial charge < -0.3 is 19.8 Å². The summed E-state index contributed by atoms with van der Waals surface area (Å²) >= 11 is 0. The van der Waals surface area contributed by atoms with E-state index < -0.39 is 20.1 Å². The molecule has 0 aromatic carbocycles. The molecule has 8 heteroatoms. The summed E-state index contributed by atoms with van der Waals surface area (Å²) in [6.07, 6.45) is 0. The number of hydrogen-bond acceptors (Lipinski definition) is 4. The van der Waals surface area contributed by atoms with Crippen LogP contribution >= 0.6 is 8.25 Å². The lowest BCUT2D eigenvalue weighted by molar-refractivity contribution is -0.154. The molecule has 0 atom stereocenters. The number of likely N-dealkylation sites (N-methyl/N-ethyl adjacent to an activating group) is 1. The molecule has 78 valence electrons. The van der Waals surface area contributed by atoms with Crippen molar-refractivity contribution in [3.05, 3.63) is 0 Å².